The second-order valence-electron chi connectivity index (χ2n) is 5.09. The van der Waals surface area contributed by atoms with Crippen molar-refractivity contribution in [1.29, 1.82) is 0 Å². The number of carbonyl (C=O) groups excluding carboxylic acids is 1. The maximum atomic E-state index is 13.8. The Labute approximate surface area is 129 Å². The van der Waals surface area contributed by atoms with Gasteiger partial charge in [0.05, 0.1) is 12.0 Å². The summed E-state index contributed by atoms with van der Waals surface area (Å²) >= 11 is 0. The zero-order valence-corrected chi connectivity index (χ0v) is 13.1. The van der Waals surface area contributed by atoms with Crippen molar-refractivity contribution in [3.05, 3.63) is 24.0 Å². The van der Waals surface area contributed by atoms with Crippen LogP contribution in [0.1, 0.15) is 19.3 Å². The Morgan fingerprint density at radius 1 is 1.45 bits per heavy atom. The van der Waals surface area contributed by atoms with Crippen molar-refractivity contribution in [2.75, 3.05) is 20.2 Å². The van der Waals surface area contributed by atoms with Crippen LogP contribution in [0.4, 0.5) is 4.39 Å². The number of piperidine rings is 1. The molecule has 122 valence electrons. The predicted molar refractivity (Wildman–Crippen MR) is 78.5 cm³/mol. The van der Waals surface area contributed by atoms with Gasteiger partial charge in [0.1, 0.15) is 0 Å². The van der Waals surface area contributed by atoms with Crippen molar-refractivity contribution >= 4 is 16.4 Å². The highest BCUT2D eigenvalue weighted by molar-refractivity contribution is 7.89. The maximum Gasteiger partial charge on any atom is 0.243 e. The molecule has 0 aliphatic carbocycles. The molecule has 1 aromatic rings. The summed E-state index contributed by atoms with van der Waals surface area (Å²) in [7, 11) is -2.49. The van der Waals surface area contributed by atoms with Gasteiger partial charge in [-0.15, -0.1) is 0 Å². The van der Waals surface area contributed by atoms with E-state index in [0.29, 0.717) is 19.4 Å². The van der Waals surface area contributed by atoms with Gasteiger partial charge in [0.15, 0.2) is 11.6 Å². The number of sulfonamides is 1. The average molecular weight is 330 g/mol. The standard InChI is InChI=1S/C14H19FN2O4S/c1-21-14-6-5-12(8-13(14)15)22(19,20)17-7-3-2-4-11(17)9-16-10-18/h5-6,8,10-11H,2-4,7,9H2,1H3,(H,16,18). The van der Waals surface area contributed by atoms with Gasteiger partial charge >= 0.3 is 0 Å². The third kappa shape index (κ3) is 3.38. The van der Waals surface area contributed by atoms with E-state index in [2.05, 4.69) is 5.32 Å². The summed E-state index contributed by atoms with van der Waals surface area (Å²) in [6.07, 6.45) is 2.86. The van der Waals surface area contributed by atoms with Gasteiger partial charge in [-0.05, 0) is 31.0 Å². The van der Waals surface area contributed by atoms with E-state index in [1.165, 1.54) is 23.5 Å². The zero-order valence-electron chi connectivity index (χ0n) is 12.3. The number of nitrogens with one attached hydrogen (secondary N) is 1. The molecule has 6 nitrogen and oxygen atoms in total. The number of ether oxygens (including phenoxy) is 1. The minimum atomic E-state index is -3.81. The third-order valence-corrected chi connectivity index (χ3v) is 5.69. The molecule has 1 saturated heterocycles. The molecule has 1 aliphatic heterocycles. The highest BCUT2D eigenvalue weighted by atomic mass is 32.2. The lowest BCUT2D eigenvalue weighted by atomic mass is 10.1. The molecule has 0 bridgehead atoms. The first-order chi connectivity index (χ1) is 10.5. The van der Waals surface area contributed by atoms with Gasteiger partial charge in [0.2, 0.25) is 16.4 Å². The Morgan fingerprint density at radius 2 is 2.23 bits per heavy atom. The summed E-state index contributed by atoms with van der Waals surface area (Å²) < 4.78 is 45.4. The number of hydrogen-bond donors (Lipinski definition) is 1. The quantitative estimate of drug-likeness (QED) is 0.793. The number of halogens is 1. The highest BCUT2D eigenvalue weighted by Crippen LogP contribution is 2.27. The molecule has 1 N–H and O–H groups in total. The molecular weight excluding hydrogens is 311 g/mol. The van der Waals surface area contributed by atoms with E-state index < -0.39 is 15.8 Å². The van der Waals surface area contributed by atoms with Gasteiger partial charge in [0.25, 0.3) is 0 Å². The molecule has 0 spiro atoms. The molecule has 1 atom stereocenters. The van der Waals surface area contributed by atoms with Crippen molar-refractivity contribution in [2.45, 2.75) is 30.2 Å². The van der Waals surface area contributed by atoms with Crippen molar-refractivity contribution in [2.24, 2.45) is 0 Å². The average Bonchev–Trinajstić information content (AvgIpc) is 2.53. The van der Waals surface area contributed by atoms with Crippen LogP contribution in [0.25, 0.3) is 0 Å². The van der Waals surface area contributed by atoms with Gasteiger partial charge < -0.3 is 10.1 Å². The smallest absolute Gasteiger partial charge is 0.243 e. The number of hydrogen-bond acceptors (Lipinski definition) is 4. The van der Waals surface area contributed by atoms with Crippen LogP contribution >= 0.6 is 0 Å². The second-order valence-corrected chi connectivity index (χ2v) is 6.98. The monoisotopic (exact) mass is 330 g/mol. The van der Waals surface area contributed by atoms with Crippen LogP contribution < -0.4 is 10.1 Å². The number of amides is 1. The summed E-state index contributed by atoms with van der Waals surface area (Å²) in [6, 6.07) is 3.28. The first-order valence-electron chi connectivity index (χ1n) is 7.03. The number of methoxy groups -OCH3 is 1. The zero-order chi connectivity index (χ0) is 16.2. The lowest BCUT2D eigenvalue weighted by Gasteiger charge is -2.34. The molecule has 1 aliphatic rings. The molecule has 0 radical (unpaired) electrons. The molecule has 8 heteroatoms. The summed E-state index contributed by atoms with van der Waals surface area (Å²) in [5.41, 5.74) is 0. The Bertz CT molecular complexity index is 636. The Kier molecular flexibility index (Phi) is 5.36. The van der Waals surface area contributed by atoms with E-state index in [-0.39, 0.29) is 23.2 Å². The van der Waals surface area contributed by atoms with E-state index in [4.69, 9.17) is 4.74 Å². The molecule has 2 rings (SSSR count). The van der Waals surface area contributed by atoms with E-state index >= 15 is 0 Å². The summed E-state index contributed by atoms with van der Waals surface area (Å²) in [5, 5.41) is 2.52. The topological polar surface area (TPSA) is 75.7 Å². The van der Waals surface area contributed by atoms with Crippen LogP contribution in [0.5, 0.6) is 5.75 Å². The van der Waals surface area contributed by atoms with Crippen LogP contribution in [-0.2, 0) is 14.8 Å². The highest BCUT2D eigenvalue weighted by Gasteiger charge is 2.33. The van der Waals surface area contributed by atoms with Gasteiger partial charge in [0, 0.05) is 19.1 Å². The maximum absolute atomic E-state index is 13.8. The normalized spacial score (nSPS) is 19.6. The van der Waals surface area contributed by atoms with Crippen molar-refractivity contribution in [3.8, 4) is 5.75 Å². The fourth-order valence-corrected chi connectivity index (χ4v) is 4.33. The van der Waals surface area contributed by atoms with Crippen LogP contribution in [0, 0.1) is 5.82 Å². The molecule has 1 unspecified atom stereocenters. The number of benzene rings is 1. The minimum Gasteiger partial charge on any atom is -0.494 e. The van der Waals surface area contributed by atoms with E-state index in [0.717, 1.165) is 18.9 Å². The summed E-state index contributed by atoms with van der Waals surface area (Å²) in [4.78, 5) is 10.3. The van der Waals surface area contributed by atoms with Crippen LogP contribution in [0.15, 0.2) is 23.1 Å². The van der Waals surface area contributed by atoms with Gasteiger partial charge in [-0.25, -0.2) is 12.8 Å². The number of carbonyl (C=O) groups is 1. The number of nitrogens with zero attached hydrogens (tertiary/aromatic N) is 1. The Hall–Kier alpha value is -1.67. The third-order valence-electron chi connectivity index (χ3n) is 3.74. The van der Waals surface area contributed by atoms with Crippen LogP contribution in [0.3, 0.4) is 0 Å². The second kappa shape index (κ2) is 7.06. The molecule has 0 aromatic heterocycles. The van der Waals surface area contributed by atoms with E-state index in [1.807, 2.05) is 0 Å². The molecule has 1 amide bonds. The molecular formula is C14H19FN2O4S. The minimum absolute atomic E-state index is 0.00299. The molecule has 22 heavy (non-hydrogen) atoms. The van der Waals surface area contributed by atoms with E-state index in [9.17, 15) is 17.6 Å². The molecule has 1 aromatic carbocycles. The van der Waals surface area contributed by atoms with Crippen molar-refractivity contribution < 1.29 is 22.3 Å². The summed E-state index contributed by atoms with van der Waals surface area (Å²) in [6.45, 7) is 0.614. The lowest BCUT2D eigenvalue weighted by molar-refractivity contribution is -0.109. The SMILES string of the molecule is COc1ccc(S(=O)(=O)N2CCCCC2CNC=O)cc1F. The fraction of sp³-hybridized carbons (Fsp3) is 0.500. The molecule has 1 fully saturated rings. The van der Waals surface area contributed by atoms with Gasteiger partial charge in [-0.2, -0.15) is 4.31 Å². The molecule has 1 heterocycles. The summed E-state index contributed by atoms with van der Waals surface area (Å²) in [5.74, 6) is -0.722. The van der Waals surface area contributed by atoms with Crippen molar-refractivity contribution in [3.63, 3.8) is 0 Å². The molecule has 0 saturated carbocycles. The fourth-order valence-electron chi connectivity index (χ4n) is 2.62. The van der Waals surface area contributed by atoms with Crippen molar-refractivity contribution in [1.82, 2.24) is 9.62 Å². The number of rotatable bonds is 6. The predicted octanol–water partition coefficient (Wildman–Crippen LogP) is 1.12. The van der Waals surface area contributed by atoms with Crippen LogP contribution in [0.2, 0.25) is 0 Å². The Balaban J connectivity index is 2.30. The van der Waals surface area contributed by atoms with Gasteiger partial charge in [-0.3, -0.25) is 4.79 Å². The Morgan fingerprint density at radius 3 is 2.86 bits per heavy atom. The van der Waals surface area contributed by atoms with Crippen LogP contribution in [-0.4, -0.2) is 45.4 Å². The van der Waals surface area contributed by atoms with Gasteiger partial charge in [-0.1, -0.05) is 6.42 Å². The first-order valence-corrected chi connectivity index (χ1v) is 8.47. The largest absolute Gasteiger partial charge is 0.494 e. The van der Waals surface area contributed by atoms with E-state index in [1.54, 1.807) is 0 Å². The lowest BCUT2D eigenvalue weighted by Crippen LogP contribution is -2.48. The first kappa shape index (κ1) is 16.7.